The molecule has 5 atom stereocenters. The first-order valence-corrected chi connectivity index (χ1v) is 3.91. The molecule has 0 aromatic heterocycles. The first-order valence-electron chi connectivity index (χ1n) is 3.91. The van der Waals surface area contributed by atoms with Gasteiger partial charge in [-0.2, -0.15) is 0 Å². The van der Waals surface area contributed by atoms with Gasteiger partial charge in [-0.1, -0.05) is 0 Å². The molecule has 1 aliphatic rings. The summed E-state index contributed by atoms with van der Waals surface area (Å²) in [6, 6.07) is 0. The molecule has 0 radical (unpaired) electrons. The molecule has 0 aromatic rings. The maximum absolute atomic E-state index is 13.1. The molecule has 78 valence electrons. The number of rotatable bonds is 2. The zero-order valence-corrected chi connectivity index (χ0v) is 7.13. The minimum Gasteiger partial charge on any atom is -0.394 e. The number of methoxy groups -OCH3 is 1. The van der Waals surface area contributed by atoms with Crippen molar-refractivity contribution >= 4 is 0 Å². The van der Waals surface area contributed by atoms with Gasteiger partial charge in [0.15, 0.2) is 12.5 Å². The minimum absolute atomic E-state index is 0.520. The zero-order chi connectivity index (χ0) is 10.0. The highest BCUT2D eigenvalue weighted by molar-refractivity contribution is 4.88. The molecule has 0 aromatic carbocycles. The molecule has 13 heavy (non-hydrogen) atoms. The number of halogens is 1. The highest BCUT2D eigenvalue weighted by Gasteiger charge is 2.44. The Hall–Kier alpha value is -0.270. The van der Waals surface area contributed by atoms with Crippen molar-refractivity contribution in [2.75, 3.05) is 13.7 Å². The third-order valence-corrected chi connectivity index (χ3v) is 2.03. The number of hydrogen-bond donors (Lipinski definition) is 3. The molecule has 1 saturated heterocycles. The predicted octanol–water partition coefficient (Wildman–Crippen LogP) is -1.59. The van der Waals surface area contributed by atoms with Crippen LogP contribution in [0.2, 0.25) is 0 Å². The van der Waals surface area contributed by atoms with Crippen LogP contribution in [0.4, 0.5) is 4.39 Å². The van der Waals surface area contributed by atoms with Crippen LogP contribution in [0, 0.1) is 0 Å². The molecule has 0 amide bonds. The second kappa shape index (κ2) is 4.30. The summed E-state index contributed by atoms with van der Waals surface area (Å²) >= 11 is 0. The van der Waals surface area contributed by atoms with Crippen molar-refractivity contribution in [1.29, 1.82) is 0 Å². The molecular weight excluding hydrogens is 183 g/mol. The normalized spacial score (nSPS) is 46.4. The molecule has 0 unspecified atom stereocenters. The van der Waals surface area contributed by atoms with Crippen LogP contribution in [-0.2, 0) is 9.47 Å². The average Bonchev–Trinajstić information content (AvgIpc) is 2.15. The van der Waals surface area contributed by atoms with E-state index in [9.17, 15) is 4.39 Å². The van der Waals surface area contributed by atoms with Crippen LogP contribution in [0.3, 0.4) is 0 Å². The smallest absolute Gasteiger partial charge is 0.186 e. The Morgan fingerprint density at radius 1 is 1.38 bits per heavy atom. The van der Waals surface area contributed by atoms with E-state index in [0.717, 1.165) is 0 Å². The number of aliphatic hydroxyl groups excluding tert-OH is 3. The summed E-state index contributed by atoms with van der Waals surface area (Å²) in [4.78, 5) is 0. The Kier molecular flexibility index (Phi) is 3.57. The summed E-state index contributed by atoms with van der Waals surface area (Å²) in [7, 11) is 1.24. The van der Waals surface area contributed by atoms with Crippen molar-refractivity contribution in [2.45, 2.75) is 30.8 Å². The van der Waals surface area contributed by atoms with Crippen molar-refractivity contribution in [3.05, 3.63) is 0 Å². The maximum atomic E-state index is 13.1. The predicted molar refractivity (Wildman–Crippen MR) is 39.7 cm³/mol. The van der Waals surface area contributed by atoms with Crippen molar-refractivity contribution in [3.63, 3.8) is 0 Å². The largest absolute Gasteiger partial charge is 0.394 e. The first-order chi connectivity index (χ1) is 6.11. The Balaban J connectivity index is 2.66. The van der Waals surface area contributed by atoms with Crippen LogP contribution < -0.4 is 0 Å². The third-order valence-electron chi connectivity index (χ3n) is 2.03. The lowest BCUT2D eigenvalue weighted by atomic mass is 10.0. The van der Waals surface area contributed by atoms with Crippen LogP contribution in [0.5, 0.6) is 0 Å². The molecule has 0 saturated carbocycles. The Labute approximate surface area is 74.7 Å². The van der Waals surface area contributed by atoms with E-state index in [1.807, 2.05) is 0 Å². The van der Waals surface area contributed by atoms with Gasteiger partial charge in [-0.15, -0.1) is 0 Å². The van der Waals surface area contributed by atoms with Crippen molar-refractivity contribution in [1.82, 2.24) is 0 Å². The number of hydrogen-bond acceptors (Lipinski definition) is 5. The van der Waals surface area contributed by atoms with Gasteiger partial charge in [-0.25, -0.2) is 4.39 Å². The fourth-order valence-corrected chi connectivity index (χ4v) is 1.24. The summed E-state index contributed by atoms with van der Waals surface area (Å²) in [6.07, 6.45) is -7.11. The van der Waals surface area contributed by atoms with Crippen LogP contribution in [0.1, 0.15) is 0 Å². The monoisotopic (exact) mass is 196 g/mol. The maximum Gasteiger partial charge on any atom is 0.186 e. The molecule has 1 aliphatic heterocycles. The molecular formula is C7H13FO5. The second-order valence-corrected chi connectivity index (χ2v) is 2.89. The summed E-state index contributed by atoms with van der Waals surface area (Å²) in [5, 5.41) is 27.0. The molecule has 1 rings (SSSR count). The molecule has 6 heteroatoms. The molecule has 1 fully saturated rings. The van der Waals surface area contributed by atoms with Crippen LogP contribution in [0.25, 0.3) is 0 Å². The number of alkyl halides is 1. The number of ether oxygens (including phenoxy) is 2. The summed E-state index contributed by atoms with van der Waals surface area (Å²) in [5.74, 6) is 0. The quantitative estimate of drug-likeness (QED) is 0.496. The highest BCUT2D eigenvalue weighted by Crippen LogP contribution is 2.23. The third kappa shape index (κ3) is 1.97. The van der Waals surface area contributed by atoms with E-state index in [4.69, 9.17) is 20.1 Å². The van der Waals surface area contributed by atoms with E-state index in [2.05, 4.69) is 4.74 Å². The van der Waals surface area contributed by atoms with Crippen molar-refractivity contribution in [2.24, 2.45) is 0 Å². The fourth-order valence-electron chi connectivity index (χ4n) is 1.24. The van der Waals surface area contributed by atoms with E-state index >= 15 is 0 Å². The lowest BCUT2D eigenvalue weighted by molar-refractivity contribution is -0.283. The average molecular weight is 196 g/mol. The Morgan fingerprint density at radius 3 is 2.46 bits per heavy atom. The molecule has 0 spiro atoms. The standard InChI is InChI=1S/C7H13FO5/c1-12-7-6(11)4(8)5(10)3(2-9)13-7/h3-7,9-11H,2H2,1H3/t3-,4-,5-,6-,7-/m1/s1. The topological polar surface area (TPSA) is 79.2 Å². The van der Waals surface area contributed by atoms with Gasteiger partial charge in [-0.3, -0.25) is 0 Å². The summed E-state index contributed by atoms with van der Waals surface area (Å²) < 4.78 is 22.6. The van der Waals surface area contributed by atoms with Crippen LogP contribution in [-0.4, -0.2) is 59.8 Å². The van der Waals surface area contributed by atoms with Gasteiger partial charge in [-0.05, 0) is 0 Å². The Bertz CT molecular complexity index is 147. The first kappa shape index (κ1) is 10.8. The van der Waals surface area contributed by atoms with Crippen LogP contribution >= 0.6 is 0 Å². The zero-order valence-electron chi connectivity index (χ0n) is 7.13. The summed E-state index contributed by atoms with van der Waals surface area (Å²) in [6.45, 7) is -0.520. The van der Waals surface area contributed by atoms with Gasteiger partial charge in [0.1, 0.15) is 18.3 Å². The van der Waals surface area contributed by atoms with Crippen molar-refractivity contribution in [3.8, 4) is 0 Å². The summed E-state index contributed by atoms with van der Waals surface area (Å²) in [5.41, 5.74) is 0. The van der Waals surface area contributed by atoms with Gasteiger partial charge in [0.05, 0.1) is 6.61 Å². The molecule has 0 aliphatic carbocycles. The lowest BCUT2D eigenvalue weighted by Gasteiger charge is -2.37. The highest BCUT2D eigenvalue weighted by atomic mass is 19.1. The lowest BCUT2D eigenvalue weighted by Crippen LogP contribution is -2.57. The molecule has 0 bridgehead atoms. The van der Waals surface area contributed by atoms with Gasteiger partial charge in [0, 0.05) is 7.11 Å². The number of aliphatic hydroxyl groups is 3. The van der Waals surface area contributed by atoms with E-state index < -0.39 is 37.4 Å². The minimum atomic E-state index is -1.86. The molecule has 3 N–H and O–H groups in total. The second-order valence-electron chi connectivity index (χ2n) is 2.89. The van der Waals surface area contributed by atoms with Gasteiger partial charge < -0.3 is 24.8 Å². The molecule has 1 heterocycles. The molecule has 5 nitrogen and oxygen atoms in total. The van der Waals surface area contributed by atoms with Gasteiger partial charge in [0.25, 0.3) is 0 Å². The van der Waals surface area contributed by atoms with E-state index in [0.29, 0.717) is 0 Å². The van der Waals surface area contributed by atoms with E-state index in [1.165, 1.54) is 7.11 Å². The van der Waals surface area contributed by atoms with E-state index in [1.54, 1.807) is 0 Å². The van der Waals surface area contributed by atoms with Gasteiger partial charge in [0.2, 0.25) is 0 Å². The SMILES string of the molecule is CO[C@@H]1O[C@H](CO)[C@@H](O)[C@@H](F)[C@H]1O. The van der Waals surface area contributed by atoms with Crippen molar-refractivity contribution < 1.29 is 29.2 Å². The van der Waals surface area contributed by atoms with Gasteiger partial charge >= 0.3 is 0 Å². The van der Waals surface area contributed by atoms with E-state index in [-0.39, 0.29) is 0 Å². The fraction of sp³-hybridized carbons (Fsp3) is 1.00. The Morgan fingerprint density at radius 2 is 2.00 bits per heavy atom. The van der Waals surface area contributed by atoms with Crippen LogP contribution in [0.15, 0.2) is 0 Å².